The van der Waals surface area contributed by atoms with Crippen molar-refractivity contribution < 1.29 is 9.53 Å². The van der Waals surface area contributed by atoms with Gasteiger partial charge < -0.3 is 15.0 Å². The number of anilines is 1. The van der Waals surface area contributed by atoms with Crippen molar-refractivity contribution in [1.82, 2.24) is 9.88 Å². The van der Waals surface area contributed by atoms with Crippen LogP contribution in [0.2, 0.25) is 0 Å². The zero-order valence-corrected chi connectivity index (χ0v) is 13.3. The topological polar surface area (TPSA) is 54.5 Å². The van der Waals surface area contributed by atoms with E-state index in [1.54, 1.807) is 11.3 Å². The molecule has 1 heterocycles. The van der Waals surface area contributed by atoms with Crippen LogP contribution < -0.4 is 5.32 Å². The monoisotopic (exact) mass is 297 g/mol. The molecular weight excluding hydrogens is 274 g/mol. The number of methoxy groups -OCH3 is 1. The second-order valence-electron chi connectivity index (χ2n) is 5.58. The Kier molecular flexibility index (Phi) is 4.99. The Morgan fingerprint density at radius 2 is 2.20 bits per heavy atom. The number of ether oxygens (including phenoxy) is 1. The second-order valence-corrected chi connectivity index (χ2v) is 6.43. The van der Waals surface area contributed by atoms with Crippen molar-refractivity contribution in [3.05, 3.63) is 11.1 Å². The number of rotatable bonds is 6. The van der Waals surface area contributed by atoms with Crippen LogP contribution in [0.1, 0.15) is 31.4 Å². The fourth-order valence-corrected chi connectivity index (χ4v) is 3.45. The maximum Gasteiger partial charge on any atom is 0.311 e. The predicted octanol–water partition coefficient (Wildman–Crippen LogP) is 2.14. The first-order valence-electron chi connectivity index (χ1n) is 6.98. The van der Waals surface area contributed by atoms with E-state index in [-0.39, 0.29) is 17.9 Å². The number of likely N-dealkylation sites (N-methyl/N-ethyl adjacent to an activating group) is 1. The first-order chi connectivity index (χ1) is 9.55. The number of nitrogens with zero attached hydrogens (tertiary/aromatic N) is 2. The van der Waals surface area contributed by atoms with Gasteiger partial charge in [0.05, 0.1) is 19.2 Å². The van der Waals surface area contributed by atoms with Gasteiger partial charge in [-0.3, -0.25) is 4.79 Å². The first kappa shape index (κ1) is 15.3. The molecule has 1 N–H and O–H groups in total. The van der Waals surface area contributed by atoms with Crippen molar-refractivity contribution in [1.29, 1.82) is 0 Å². The Bertz CT molecular complexity index is 453. The van der Waals surface area contributed by atoms with E-state index in [2.05, 4.69) is 34.0 Å². The highest BCUT2D eigenvalue weighted by Crippen LogP contribution is 2.34. The molecule has 112 valence electrons. The molecule has 1 aliphatic rings. The van der Waals surface area contributed by atoms with Crippen molar-refractivity contribution in [2.45, 2.75) is 37.6 Å². The van der Waals surface area contributed by atoms with Crippen molar-refractivity contribution in [2.24, 2.45) is 0 Å². The van der Waals surface area contributed by atoms with Crippen molar-refractivity contribution in [3.63, 3.8) is 0 Å². The molecule has 1 aromatic rings. The number of carbonyl (C=O) groups is 1. The summed E-state index contributed by atoms with van der Waals surface area (Å²) in [6.45, 7) is 0.908. The summed E-state index contributed by atoms with van der Waals surface area (Å²) in [4.78, 5) is 18.0. The van der Waals surface area contributed by atoms with E-state index in [1.807, 2.05) is 5.38 Å². The van der Waals surface area contributed by atoms with Crippen molar-refractivity contribution >= 4 is 22.4 Å². The van der Waals surface area contributed by atoms with Crippen molar-refractivity contribution in [3.8, 4) is 0 Å². The average molecular weight is 297 g/mol. The molecule has 0 amide bonds. The van der Waals surface area contributed by atoms with Gasteiger partial charge in [-0.2, -0.15) is 0 Å². The summed E-state index contributed by atoms with van der Waals surface area (Å²) in [7, 11) is 5.70. The predicted molar refractivity (Wildman–Crippen MR) is 81.2 cm³/mol. The fourth-order valence-electron chi connectivity index (χ4n) is 2.74. The van der Waals surface area contributed by atoms with Gasteiger partial charge in [-0.1, -0.05) is 12.8 Å². The number of esters is 1. The maximum atomic E-state index is 11.2. The van der Waals surface area contributed by atoms with Gasteiger partial charge in [0.1, 0.15) is 0 Å². The van der Waals surface area contributed by atoms with Crippen LogP contribution >= 0.6 is 11.3 Å². The summed E-state index contributed by atoms with van der Waals surface area (Å²) in [5.41, 5.74) is 1.02. The molecule has 20 heavy (non-hydrogen) atoms. The Morgan fingerprint density at radius 1 is 1.50 bits per heavy atom. The van der Waals surface area contributed by atoms with Gasteiger partial charge in [-0.25, -0.2) is 4.98 Å². The molecule has 0 spiro atoms. The zero-order valence-electron chi connectivity index (χ0n) is 12.4. The first-order valence-corrected chi connectivity index (χ1v) is 7.86. The van der Waals surface area contributed by atoms with Gasteiger partial charge in [0.2, 0.25) is 0 Å². The highest BCUT2D eigenvalue weighted by molar-refractivity contribution is 7.13. The van der Waals surface area contributed by atoms with E-state index in [0.717, 1.165) is 17.4 Å². The molecule has 0 aromatic carbocycles. The number of nitrogens with one attached hydrogen (secondary N) is 1. The molecule has 0 saturated heterocycles. The van der Waals surface area contributed by atoms with E-state index >= 15 is 0 Å². The van der Waals surface area contributed by atoms with Gasteiger partial charge in [0.15, 0.2) is 5.13 Å². The van der Waals surface area contributed by atoms with Crippen LogP contribution in [0.25, 0.3) is 0 Å². The third-order valence-corrected chi connectivity index (χ3v) is 5.01. The molecule has 1 aromatic heterocycles. The van der Waals surface area contributed by atoms with Crippen LogP contribution in [-0.4, -0.2) is 49.1 Å². The Balaban J connectivity index is 1.92. The van der Waals surface area contributed by atoms with Gasteiger partial charge in [0, 0.05) is 17.5 Å². The molecule has 0 aliphatic heterocycles. The largest absolute Gasteiger partial charge is 0.469 e. The van der Waals surface area contributed by atoms with E-state index in [1.165, 1.54) is 32.8 Å². The van der Waals surface area contributed by atoms with Gasteiger partial charge in [0.25, 0.3) is 0 Å². The quantitative estimate of drug-likeness (QED) is 0.815. The van der Waals surface area contributed by atoms with Crippen LogP contribution in [0.15, 0.2) is 5.38 Å². The number of thiazole rings is 1. The summed E-state index contributed by atoms with van der Waals surface area (Å²) in [6, 6.07) is 0. The van der Waals surface area contributed by atoms with Crippen LogP contribution in [-0.2, 0) is 16.0 Å². The number of carbonyl (C=O) groups excluding carboxylic acids is 1. The normalized spacial score (nSPS) is 17.4. The minimum atomic E-state index is -0.248. The summed E-state index contributed by atoms with van der Waals surface area (Å²) < 4.78 is 4.65. The van der Waals surface area contributed by atoms with Crippen LogP contribution in [0.4, 0.5) is 5.13 Å². The number of aromatic nitrogens is 1. The highest BCUT2D eigenvalue weighted by atomic mass is 32.1. The van der Waals surface area contributed by atoms with Crippen LogP contribution in [0.3, 0.4) is 0 Å². The second kappa shape index (κ2) is 6.54. The molecule has 0 atom stereocenters. The van der Waals surface area contributed by atoms with Crippen LogP contribution in [0, 0.1) is 0 Å². The summed E-state index contributed by atoms with van der Waals surface area (Å²) in [6.07, 6.45) is 5.30. The Morgan fingerprint density at radius 3 is 2.80 bits per heavy atom. The van der Waals surface area contributed by atoms with E-state index in [4.69, 9.17) is 0 Å². The molecule has 2 rings (SSSR count). The van der Waals surface area contributed by atoms with Gasteiger partial charge in [-0.15, -0.1) is 11.3 Å². The lowest BCUT2D eigenvalue weighted by Crippen LogP contribution is -2.47. The Labute approximate surface area is 124 Å². The molecule has 1 aliphatic carbocycles. The molecule has 0 unspecified atom stereocenters. The molecular formula is C14H23N3O2S. The molecule has 6 heteroatoms. The van der Waals surface area contributed by atoms with E-state index in [9.17, 15) is 4.79 Å². The third kappa shape index (κ3) is 3.49. The fraction of sp³-hybridized carbons (Fsp3) is 0.714. The molecule has 0 radical (unpaired) electrons. The molecule has 0 bridgehead atoms. The van der Waals surface area contributed by atoms with Crippen LogP contribution in [0.5, 0.6) is 0 Å². The molecule has 1 saturated carbocycles. The molecule has 1 fully saturated rings. The van der Waals surface area contributed by atoms with E-state index in [0.29, 0.717) is 0 Å². The minimum Gasteiger partial charge on any atom is -0.469 e. The summed E-state index contributed by atoms with van der Waals surface area (Å²) in [5, 5.41) is 6.23. The SMILES string of the molecule is COC(=O)Cc1csc(NCC2(N(C)C)CCCC2)n1. The Hall–Kier alpha value is -1.14. The van der Waals surface area contributed by atoms with Gasteiger partial charge >= 0.3 is 5.97 Å². The number of hydrogen-bond acceptors (Lipinski definition) is 6. The third-order valence-electron chi connectivity index (χ3n) is 4.16. The summed E-state index contributed by atoms with van der Waals surface area (Å²) >= 11 is 1.55. The smallest absolute Gasteiger partial charge is 0.311 e. The minimum absolute atomic E-state index is 0.244. The zero-order chi connectivity index (χ0) is 14.6. The lowest BCUT2D eigenvalue weighted by molar-refractivity contribution is -0.139. The lowest BCUT2D eigenvalue weighted by Gasteiger charge is -2.36. The standard InChI is InChI=1S/C14H23N3O2S/c1-17(2)14(6-4-5-7-14)10-15-13-16-11(9-20-13)8-12(18)19-3/h9H,4-8,10H2,1-3H3,(H,15,16). The average Bonchev–Trinajstić information content (AvgIpc) is 3.06. The number of hydrogen-bond donors (Lipinski definition) is 1. The summed E-state index contributed by atoms with van der Waals surface area (Å²) in [5.74, 6) is -0.248. The van der Waals surface area contributed by atoms with Gasteiger partial charge in [-0.05, 0) is 26.9 Å². The van der Waals surface area contributed by atoms with Crippen molar-refractivity contribution in [2.75, 3.05) is 33.1 Å². The highest BCUT2D eigenvalue weighted by Gasteiger charge is 2.35. The lowest BCUT2D eigenvalue weighted by atomic mass is 9.96. The molecule has 5 nitrogen and oxygen atoms in total. The van der Waals surface area contributed by atoms with E-state index < -0.39 is 0 Å². The maximum absolute atomic E-state index is 11.2.